The van der Waals surface area contributed by atoms with Gasteiger partial charge in [-0.15, -0.1) is 0 Å². The maximum atomic E-state index is 12.3. The highest BCUT2D eigenvalue weighted by Gasteiger charge is 2.21. The Morgan fingerprint density at radius 1 is 1.04 bits per heavy atom. The van der Waals surface area contributed by atoms with E-state index in [2.05, 4.69) is 5.32 Å². The molecule has 2 amide bonds. The number of carbonyl (C=O) groups excluding carboxylic acids is 2. The van der Waals surface area contributed by atoms with E-state index in [1.807, 2.05) is 36.4 Å². The monoisotopic (exact) mass is 376 g/mol. The van der Waals surface area contributed by atoms with Crippen LogP contribution in [0.25, 0.3) is 12.2 Å². The maximum Gasteiger partial charge on any atom is 0.291 e. The third kappa shape index (κ3) is 4.13. The van der Waals surface area contributed by atoms with Crippen LogP contribution in [-0.2, 0) is 14.3 Å². The van der Waals surface area contributed by atoms with Gasteiger partial charge in [-0.05, 0) is 41.5 Å². The molecule has 6 heteroatoms. The van der Waals surface area contributed by atoms with Crippen molar-refractivity contribution in [2.75, 3.05) is 31.6 Å². The molecular weight excluding hydrogens is 356 g/mol. The van der Waals surface area contributed by atoms with Crippen LogP contribution >= 0.6 is 0 Å². The summed E-state index contributed by atoms with van der Waals surface area (Å²) < 4.78 is 11.0. The largest absolute Gasteiger partial charge is 0.449 e. The molecule has 0 spiro atoms. The third-order valence-corrected chi connectivity index (χ3v) is 4.53. The number of nitrogens with one attached hydrogen (secondary N) is 1. The van der Waals surface area contributed by atoms with Gasteiger partial charge >= 0.3 is 0 Å². The first kappa shape index (κ1) is 18.0. The van der Waals surface area contributed by atoms with E-state index in [-0.39, 0.29) is 17.6 Å². The normalized spacial score (nSPS) is 17.9. The van der Waals surface area contributed by atoms with Crippen molar-refractivity contribution < 1.29 is 19.1 Å². The minimum Gasteiger partial charge on any atom is -0.449 e. The number of benzene rings is 2. The predicted molar refractivity (Wildman–Crippen MR) is 107 cm³/mol. The molecule has 0 atom stereocenters. The molecule has 0 radical (unpaired) electrons. The standard InChI is InChI=1S/C22H20N2O4/c25-21(24-10-12-27-13-11-24)9-8-16-4-3-5-17(14-16)15-20-22(26)23-18-6-1-2-7-19(18)28-20/h1-9,14-15H,10-13H2,(H,23,26)/b9-8+,20-15-. The van der Waals surface area contributed by atoms with Crippen molar-refractivity contribution in [3.8, 4) is 5.75 Å². The summed E-state index contributed by atoms with van der Waals surface area (Å²) in [5, 5.41) is 2.81. The molecule has 142 valence electrons. The molecule has 4 rings (SSSR count). The molecule has 2 aliphatic rings. The summed E-state index contributed by atoms with van der Waals surface area (Å²) in [6.07, 6.45) is 5.03. The molecule has 0 aromatic heterocycles. The number of rotatable bonds is 3. The number of anilines is 1. The van der Waals surface area contributed by atoms with Crippen LogP contribution in [0.2, 0.25) is 0 Å². The Hall–Kier alpha value is -3.38. The van der Waals surface area contributed by atoms with Crippen molar-refractivity contribution in [3.63, 3.8) is 0 Å². The summed E-state index contributed by atoms with van der Waals surface area (Å²) in [5.74, 6) is 0.519. The fourth-order valence-electron chi connectivity index (χ4n) is 3.06. The minimum absolute atomic E-state index is 0.0290. The van der Waals surface area contributed by atoms with Crippen LogP contribution in [0.3, 0.4) is 0 Å². The Bertz CT molecular complexity index is 959. The summed E-state index contributed by atoms with van der Waals surface area (Å²) >= 11 is 0. The van der Waals surface area contributed by atoms with Crippen molar-refractivity contribution in [2.24, 2.45) is 0 Å². The van der Waals surface area contributed by atoms with E-state index in [9.17, 15) is 9.59 Å². The number of amides is 2. The van der Waals surface area contributed by atoms with Crippen molar-refractivity contribution >= 4 is 29.7 Å². The van der Waals surface area contributed by atoms with E-state index in [4.69, 9.17) is 9.47 Å². The smallest absolute Gasteiger partial charge is 0.291 e. The first-order chi connectivity index (χ1) is 13.7. The molecule has 2 aromatic carbocycles. The zero-order valence-corrected chi connectivity index (χ0v) is 15.3. The average molecular weight is 376 g/mol. The Balaban J connectivity index is 1.49. The summed E-state index contributed by atoms with van der Waals surface area (Å²) in [6, 6.07) is 14.8. The maximum absolute atomic E-state index is 12.3. The molecule has 1 saturated heterocycles. The fourth-order valence-corrected chi connectivity index (χ4v) is 3.06. The Kier molecular flexibility index (Phi) is 5.21. The summed E-state index contributed by atoms with van der Waals surface area (Å²) in [4.78, 5) is 26.3. The summed E-state index contributed by atoms with van der Waals surface area (Å²) in [6.45, 7) is 2.38. The van der Waals surface area contributed by atoms with Gasteiger partial charge in [0.1, 0.15) is 0 Å². The van der Waals surface area contributed by atoms with Crippen LogP contribution in [-0.4, -0.2) is 43.0 Å². The van der Waals surface area contributed by atoms with Gasteiger partial charge in [-0.25, -0.2) is 0 Å². The quantitative estimate of drug-likeness (QED) is 0.837. The third-order valence-electron chi connectivity index (χ3n) is 4.53. The van der Waals surface area contributed by atoms with E-state index < -0.39 is 0 Å². The first-order valence-corrected chi connectivity index (χ1v) is 9.14. The predicted octanol–water partition coefficient (Wildman–Crippen LogP) is 2.93. The number of fused-ring (bicyclic) bond motifs is 1. The Morgan fingerprint density at radius 3 is 2.68 bits per heavy atom. The topological polar surface area (TPSA) is 67.9 Å². The van der Waals surface area contributed by atoms with Crippen LogP contribution in [0.4, 0.5) is 5.69 Å². The summed E-state index contributed by atoms with van der Waals surface area (Å²) in [7, 11) is 0. The number of para-hydroxylation sites is 2. The van der Waals surface area contributed by atoms with Crippen LogP contribution in [0.5, 0.6) is 5.75 Å². The van der Waals surface area contributed by atoms with Gasteiger partial charge in [0, 0.05) is 19.2 Å². The highest BCUT2D eigenvalue weighted by atomic mass is 16.5. The highest BCUT2D eigenvalue weighted by molar-refractivity contribution is 6.08. The minimum atomic E-state index is -0.290. The first-order valence-electron chi connectivity index (χ1n) is 9.14. The van der Waals surface area contributed by atoms with Gasteiger partial charge in [-0.3, -0.25) is 9.59 Å². The lowest BCUT2D eigenvalue weighted by Gasteiger charge is -2.25. The average Bonchev–Trinajstić information content (AvgIpc) is 2.73. The molecule has 2 heterocycles. The van der Waals surface area contributed by atoms with Crippen LogP contribution in [0, 0.1) is 0 Å². The van der Waals surface area contributed by atoms with Gasteiger partial charge in [0.25, 0.3) is 5.91 Å². The van der Waals surface area contributed by atoms with E-state index >= 15 is 0 Å². The van der Waals surface area contributed by atoms with Gasteiger partial charge in [-0.1, -0.05) is 30.3 Å². The van der Waals surface area contributed by atoms with Crippen LogP contribution < -0.4 is 10.1 Å². The second-order valence-corrected chi connectivity index (χ2v) is 6.50. The highest BCUT2D eigenvalue weighted by Crippen LogP contribution is 2.30. The number of carbonyl (C=O) groups is 2. The Labute approximate surface area is 163 Å². The Morgan fingerprint density at radius 2 is 1.82 bits per heavy atom. The van der Waals surface area contributed by atoms with Gasteiger partial charge in [-0.2, -0.15) is 0 Å². The molecule has 2 aliphatic heterocycles. The van der Waals surface area contributed by atoms with E-state index in [1.165, 1.54) is 0 Å². The van der Waals surface area contributed by atoms with Crippen molar-refractivity contribution in [1.82, 2.24) is 4.90 Å². The lowest BCUT2D eigenvalue weighted by atomic mass is 10.1. The molecule has 28 heavy (non-hydrogen) atoms. The van der Waals surface area contributed by atoms with Crippen molar-refractivity contribution in [1.29, 1.82) is 0 Å². The molecule has 1 N–H and O–H groups in total. The molecule has 0 aliphatic carbocycles. The second kappa shape index (κ2) is 8.10. The van der Waals surface area contributed by atoms with Crippen LogP contribution in [0.15, 0.2) is 60.4 Å². The number of morpholine rings is 1. The number of ether oxygens (including phenoxy) is 2. The lowest BCUT2D eigenvalue weighted by Crippen LogP contribution is -2.39. The van der Waals surface area contributed by atoms with Gasteiger partial charge < -0.3 is 19.7 Å². The number of hydrogen-bond donors (Lipinski definition) is 1. The zero-order chi connectivity index (χ0) is 19.3. The molecule has 0 unspecified atom stereocenters. The van der Waals surface area contributed by atoms with E-state index in [1.54, 1.807) is 35.3 Å². The second-order valence-electron chi connectivity index (χ2n) is 6.50. The van der Waals surface area contributed by atoms with Crippen molar-refractivity contribution in [3.05, 3.63) is 71.5 Å². The molecule has 0 bridgehead atoms. The van der Waals surface area contributed by atoms with Crippen LogP contribution in [0.1, 0.15) is 11.1 Å². The molecule has 0 saturated carbocycles. The molecule has 6 nitrogen and oxygen atoms in total. The molecule has 1 fully saturated rings. The van der Waals surface area contributed by atoms with E-state index in [0.29, 0.717) is 37.7 Å². The summed E-state index contributed by atoms with van der Waals surface area (Å²) in [5.41, 5.74) is 2.33. The fraction of sp³-hybridized carbons (Fsp3) is 0.182. The van der Waals surface area contributed by atoms with E-state index in [0.717, 1.165) is 11.1 Å². The molecule has 2 aromatic rings. The number of hydrogen-bond acceptors (Lipinski definition) is 4. The lowest BCUT2D eigenvalue weighted by molar-refractivity contribution is -0.129. The SMILES string of the molecule is O=C1Nc2ccccc2O/C1=C\c1cccc(/C=C/C(=O)N2CCOCC2)c1. The number of nitrogens with zero attached hydrogens (tertiary/aromatic N) is 1. The molecular formula is C22H20N2O4. The van der Waals surface area contributed by atoms with Crippen molar-refractivity contribution in [2.45, 2.75) is 0 Å². The zero-order valence-electron chi connectivity index (χ0n) is 15.3. The van der Waals surface area contributed by atoms with Gasteiger partial charge in [0.2, 0.25) is 5.91 Å². The van der Waals surface area contributed by atoms with Gasteiger partial charge in [0.15, 0.2) is 11.5 Å². The van der Waals surface area contributed by atoms with Gasteiger partial charge in [0.05, 0.1) is 18.9 Å².